The number of hydrogen-bond acceptors (Lipinski definition) is 4. The number of phenolic OH excluding ortho intramolecular Hbond substituents is 1. The first-order valence-corrected chi connectivity index (χ1v) is 4.72. The van der Waals surface area contributed by atoms with Crippen molar-refractivity contribution < 1.29 is 19.0 Å². The Morgan fingerprint density at radius 1 is 1.44 bits per heavy atom. The van der Waals surface area contributed by atoms with Crippen LogP contribution in [0.25, 0.3) is 0 Å². The molecule has 0 fully saturated rings. The normalized spacial score (nSPS) is 11.2. The van der Waals surface area contributed by atoms with Crippen LogP contribution in [0.1, 0.15) is 31.1 Å². The molecule has 0 aliphatic rings. The summed E-state index contributed by atoms with van der Waals surface area (Å²) in [6.07, 6.45) is 0. The summed E-state index contributed by atoms with van der Waals surface area (Å²) < 4.78 is 18.3. The van der Waals surface area contributed by atoms with Crippen LogP contribution in [0.3, 0.4) is 0 Å². The zero-order chi connectivity index (χ0) is 12.5. The Hall–Kier alpha value is -1.78. The van der Waals surface area contributed by atoms with Crippen molar-refractivity contribution >= 4 is 11.7 Å². The van der Waals surface area contributed by atoms with Gasteiger partial charge in [0.15, 0.2) is 5.75 Å². The highest BCUT2D eigenvalue weighted by atomic mass is 19.1. The van der Waals surface area contributed by atoms with Gasteiger partial charge in [0.25, 0.3) is 0 Å². The van der Waals surface area contributed by atoms with Gasteiger partial charge in [0.05, 0.1) is 5.69 Å². The van der Waals surface area contributed by atoms with E-state index in [-0.39, 0.29) is 5.69 Å². The monoisotopic (exact) mass is 227 g/mol. The number of carbonyl (C=O) groups excluding carboxylic acids is 1. The third-order valence-corrected chi connectivity index (χ3v) is 1.76. The SMILES string of the molecule is CC(C)(C)OC(=O)c1c(F)ccc(N)c1O. The van der Waals surface area contributed by atoms with Crippen LogP contribution in [0, 0.1) is 5.82 Å². The number of carbonyl (C=O) groups is 1. The standard InChI is InChI=1S/C11H14FNO3/c1-11(2,3)16-10(15)8-6(12)4-5-7(13)9(8)14/h4-5,14H,13H2,1-3H3. The van der Waals surface area contributed by atoms with Crippen molar-refractivity contribution in [2.45, 2.75) is 26.4 Å². The van der Waals surface area contributed by atoms with E-state index in [2.05, 4.69) is 0 Å². The summed E-state index contributed by atoms with van der Waals surface area (Å²) in [6, 6.07) is 2.19. The first kappa shape index (κ1) is 12.3. The van der Waals surface area contributed by atoms with Gasteiger partial charge in [-0.2, -0.15) is 0 Å². The lowest BCUT2D eigenvalue weighted by Crippen LogP contribution is -2.24. The fraction of sp³-hybridized carbons (Fsp3) is 0.364. The number of rotatable bonds is 1. The van der Waals surface area contributed by atoms with E-state index in [1.807, 2.05) is 0 Å². The van der Waals surface area contributed by atoms with Crippen molar-refractivity contribution in [3.05, 3.63) is 23.5 Å². The maximum Gasteiger partial charge on any atom is 0.345 e. The molecular weight excluding hydrogens is 213 g/mol. The molecule has 5 heteroatoms. The largest absolute Gasteiger partial charge is 0.505 e. The van der Waals surface area contributed by atoms with Crippen LogP contribution < -0.4 is 5.73 Å². The minimum Gasteiger partial charge on any atom is -0.505 e. The first-order valence-electron chi connectivity index (χ1n) is 4.72. The zero-order valence-corrected chi connectivity index (χ0v) is 9.37. The van der Waals surface area contributed by atoms with Gasteiger partial charge in [-0.15, -0.1) is 0 Å². The molecule has 0 unspecified atom stereocenters. The van der Waals surface area contributed by atoms with Gasteiger partial charge in [0.1, 0.15) is 17.0 Å². The molecule has 16 heavy (non-hydrogen) atoms. The average molecular weight is 227 g/mol. The van der Waals surface area contributed by atoms with Crippen LogP contribution in [0.5, 0.6) is 5.75 Å². The van der Waals surface area contributed by atoms with Crippen LogP contribution in [0.2, 0.25) is 0 Å². The van der Waals surface area contributed by atoms with E-state index in [0.29, 0.717) is 0 Å². The summed E-state index contributed by atoms with van der Waals surface area (Å²) in [7, 11) is 0. The molecule has 0 amide bonds. The number of benzene rings is 1. The molecule has 0 aliphatic heterocycles. The van der Waals surface area contributed by atoms with Crippen LogP contribution in [-0.4, -0.2) is 16.7 Å². The van der Waals surface area contributed by atoms with Gasteiger partial charge in [0, 0.05) is 0 Å². The zero-order valence-electron chi connectivity index (χ0n) is 9.37. The summed E-state index contributed by atoms with van der Waals surface area (Å²) in [5.41, 5.74) is 4.00. The van der Waals surface area contributed by atoms with E-state index in [9.17, 15) is 14.3 Å². The number of halogens is 1. The molecule has 1 rings (SSSR count). The molecule has 0 bridgehead atoms. The van der Waals surface area contributed by atoms with Gasteiger partial charge >= 0.3 is 5.97 Å². The lowest BCUT2D eigenvalue weighted by molar-refractivity contribution is 0.00619. The Balaban J connectivity index is 3.14. The van der Waals surface area contributed by atoms with Gasteiger partial charge < -0.3 is 15.6 Å². The fourth-order valence-electron chi connectivity index (χ4n) is 1.11. The Morgan fingerprint density at radius 3 is 2.50 bits per heavy atom. The number of nitrogens with two attached hydrogens (primary N) is 1. The number of hydrogen-bond donors (Lipinski definition) is 2. The molecule has 0 saturated carbocycles. The van der Waals surface area contributed by atoms with Crippen molar-refractivity contribution in [1.82, 2.24) is 0 Å². The van der Waals surface area contributed by atoms with Crippen molar-refractivity contribution in [3.63, 3.8) is 0 Å². The van der Waals surface area contributed by atoms with Crippen molar-refractivity contribution in [3.8, 4) is 5.75 Å². The number of phenols is 1. The molecule has 0 aliphatic carbocycles. The lowest BCUT2D eigenvalue weighted by atomic mass is 10.1. The van der Waals surface area contributed by atoms with Crippen LogP contribution in [-0.2, 0) is 4.74 Å². The van der Waals surface area contributed by atoms with E-state index >= 15 is 0 Å². The van der Waals surface area contributed by atoms with Crippen LogP contribution in [0.4, 0.5) is 10.1 Å². The van der Waals surface area contributed by atoms with E-state index in [4.69, 9.17) is 10.5 Å². The van der Waals surface area contributed by atoms with E-state index in [1.165, 1.54) is 6.07 Å². The van der Waals surface area contributed by atoms with Crippen LogP contribution >= 0.6 is 0 Å². The van der Waals surface area contributed by atoms with Crippen molar-refractivity contribution in [2.24, 2.45) is 0 Å². The summed E-state index contributed by atoms with van der Waals surface area (Å²) in [4.78, 5) is 11.6. The van der Waals surface area contributed by atoms with Gasteiger partial charge in [-0.1, -0.05) is 0 Å². The molecule has 4 nitrogen and oxygen atoms in total. The Morgan fingerprint density at radius 2 is 2.00 bits per heavy atom. The molecule has 88 valence electrons. The van der Waals surface area contributed by atoms with Gasteiger partial charge in [-0.3, -0.25) is 0 Å². The highest BCUT2D eigenvalue weighted by Crippen LogP contribution is 2.28. The van der Waals surface area contributed by atoms with Crippen molar-refractivity contribution in [2.75, 3.05) is 5.73 Å². The summed E-state index contributed by atoms with van der Waals surface area (Å²) >= 11 is 0. The molecule has 0 saturated heterocycles. The smallest absolute Gasteiger partial charge is 0.345 e. The second-order valence-electron chi connectivity index (χ2n) is 4.36. The maximum atomic E-state index is 13.3. The van der Waals surface area contributed by atoms with E-state index in [0.717, 1.165) is 6.07 Å². The fourth-order valence-corrected chi connectivity index (χ4v) is 1.11. The minimum absolute atomic E-state index is 0.0674. The molecule has 0 radical (unpaired) electrons. The number of esters is 1. The summed E-state index contributed by atoms with van der Waals surface area (Å²) in [6.45, 7) is 4.93. The summed E-state index contributed by atoms with van der Waals surface area (Å²) in [5.74, 6) is -2.38. The molecule has 1 aromatic rings. The molecule has 0 aromatic heterocycles. The van der Waals surface area contributed by atoms with Crippen LogP contribution in [0.15, 0.2) is 12.1 Å². The second-order valence-corrected chi connectivity index (χ2v) is 4.36. The first-order chi connectivity index (χ1) is 7.22. The Kier molecular flexibility index (Phi) is 3.07. The number of ether oxygens (including phenoxy) is 1. The third-order valence-electron chi connectivity index (χ3n) is 1.76. The quantitative estimate of drug-likeness (QED) is 0.437. The number of anilines is 1. The topological polar surface area (TPSA) is 72.5 Å². The highest BCUT2D eigenvalue weighted by Gasteiger charge is 2.24. The summed E-state index contributed by atoms with van der Waals surface area (Å²) in [5, 5.41) is 9.48. The molecule has 1 aromatic carbocycles. The average Bonchev–Trinajstić information content (AvgIpc) is 2.09. The molecular formula is C11H14FNO3. The minimum atomic E-state index is -0.935. The van der Waals surface area contributed by atoms with Gasteiger partial charge in [-0.05, 0) is 32.9 Å². The Bertz CT molecular complexity index is 424. The van der Waals surface area contributed by atoms with Gasteiger partial charge in [-0.25, -0.2) is 9.18 Å². The molecule has 0 spiro atoms. The van der Waals surface area contributed by atoms with E-state index in [1.54, 1.807) is 20.8 Å². The van der Waals surface area contributed by atoms with Gasteiger partial charge in [0.2, 0.25) is 0 Å². The molecule has 3 N–H and O–H groups in total. The lowest BCUT2D eigenvalue weighted by Gasteiger charge is -2.20. The molecule has 0 atom stereocenters. The third kappa shape index (κ3) is 2.62. The second kappa shape index (κ2) is 4.00. The maximum absolute atomic E-state index is 13.3. The predicted octanol–water partition coefficient (Wildman–Crippen LogP) is 2.07. The predicted molar refractivity (Wildman–Crippen MR) is 57.6 cm³/mol. The molecule has 0 heterocycles. The number of nitrogen functional groups attached to an aromatic ring is 1. The Labute approximate surface area is 92.8 Å². The van der Waals surface area contributed by atoms with E-state index < -0.39 is 28.7 Å². The van der Waals surface area contributed by atoms with Crippen molar-refractivity contribution in [1.29, 1.82) is 0 Å². The number of aromatic hydroxyl groups is 1. The highest BCUT2D eigenvalue weighted by molar-refractivity contribution is 5.94.